The molecule has 0 radical (unpaired) electrons. The Morgan fingerprint density at radius 1 is 1.07 bits per heavy atom. The fourth-order valence-electron chi connectivity index (χ4n) is 4.05. The van der Waals surface area contributed by atoms with E-state index < -0.39 is 48.7 Å². The first-order chi connectivity index (χ1) is 19.1. The number of carbonyl (C=O) groups excluding carboxylic acids is 3. The van der Waals surface area contributed by atoms with Crippen molar-refractivity contribution in [2.24, 2.45) is 0 Å². The first kappa shape index (κ1) is 30.6. The number of benzene rings is 1. The Bertz CT molecular complexity index is 1210. The molecule has 0 bridgehead atoms. The molecule has 2 amide bonds. The molecule has 1 aliphatic rings. The first-order valence-corrected chi connectivity index (χ1v) is 12.9. The summed E-state index contributed by atoms with van der Waals surface area (Å²) in [4.78, 5) is 51.7. The van der Waals surface area contributed by atoms with Crippen molar-refractivity contribution < 1.29 is 42.5 Å². The van der Waals surface area contributed by atoms with Gasteiger partial charge in [0, 0.05) is 24.7 Å². The van der Waals surface area contributed by atoms with Crippen LogP contribution in [0.1, 0.15) is 51.7 Å². The third kappa shape index (κ3) is 8.29. The van der Waals surface area contributed by atoms with E-state index in [0.29, 0.717) is 42.4 Å². The van der Waals surface area contributed by atoms with Crippen LogP contribution in [0, 0.1) is 0 Å². The molecule has 3 N–H and O–H groups in total. The minimum absolute atomic E-state index is 0.0710. The maximum Gasteiger partial charge on any atom is 0.412 e. The molecular formula is C26H32F2N4O8. The Morgan fingerprint density at radius 2 is 1.77 bits per heavy atom. The molecule has 218 valence electrons. The molecule has 0 aliphatic carbocycles. The van der Waals surface area contributed by atoms with E-state index in [1.54, 1.807) is 19.1 Å². The number of amides is 2. The third-order valence-corrected chi connectivity index (χ3v) is 5.97. The van der Waals surface area contributed by atoms with Crippen LogP contribution >= 0.6 is 0 Å². The molecule has 1 fully saturated rings. The van der Waals surface area contributed by atoms with E-state index in [-0.39, 0.29) is 24.8 Å². The van der Waals surface area contributed by atoms with E-state index in [9.17, 15) is 24.3 Å². The Hall–Kier alpha value is -3.91. The number of nitrogens with zero attached hydrogens (tertiary/aromatic N) is 2. The molecule has 14 heteroatoms. The number of ether oxygens (including phenoxy) is 3. The van der Waals surface area contributed by atoms with Crippen molar-refractivity contribution in [1.82, 2.24) is 9.55 Å². The lowest BCUT2D eigenvalue weighted by atomic mass is 10.1. The maximum atomic E-state index is 15.2. The molecule has 1 aromatic carbocycles. The van der Waals surface area contributed by atoms with E-state index in [4.69, 9.17) is 9.47 Å². The topological polar surface area (TPSA) is 158 Å². The molecule has 2 heterocycles. The van der Waals surface area contributed by atoms with Crippen LogP contribution in [-0.2, 0) is 23.8 Å². The monoisotopic (exact) mass is 566 g/mol. The zero-order chi connectivity index (χ0) is 29.1. The molecule has 12 nitrogen and oxygen atoms in total. The van der Waals surface area contributed by atoms with Crippen LogP contribution in [0.15, 0.2) is 47.4 Å². The van der Waals surface area contributed by atoms with Gasteiger partial charge in [0.05, 0.1) is 13.2 Å². The van der Waals surface area contributed by atoms with Crippen molar-refractivity contribution in [2.45, 2.75) is 69.8 Å². The lowest BCUT2D eigenvalue weighted by molar-refractivity contribution is -0.176. The molecule has 2 aromatic rings. The van der Waals surface area contributed by atoms with Crippen molar-refractivity contribution in [3.63, 3.8) is 0 Å². The van der Waals surface area contributed by atoms with Crippen LogP contribution < -0.4 is 16.3 Å². The number of carbonyl (C=O) groups is 3. The zero-order valence-corrected chi connectivity index (χ0v) is 21.9. The number of alkyl halides is 2. The number of anilines is 2. The van der Waals surface area contributed by atoms with E-state index >= 15 is 8.78 Å². The second-order valence-electron chi connectivity index (χ2n) is 8.97. The van der Waals surface area contributed by atoms with Gasteiger partial charge in [0.2, 0.25) is 12.1 Å². The summed E-state index contributed by atoms with van der Waals surface area (Å²) >= 11 is 0. The number of aliphatic hydroxyl groups excluding tert-OH is 1. The maximum absolute atomic E-state index is 15.2. The predicted octanol–water partition coefficient (Wildman–Crippen LogP) is 3.23. The Labute approximate surface area is 228 Å². The largest absolute Gasteiger partial charge is 0.453 e. The Balaban J connectivity index is 1.47. The van der Waals surface area contributed by atoms with E-state index in [1.807, 2.05) is 18.2 Å². The van der Waals surface area contributed by atoms with E-state index in [0.717, 1.165) is 12.3 Å². The number of halogens is 2. The molecule has 3 atom stereocenters. The van der Waals surface area contributed by atoms with Crippen LogP contribution in [0.5, 0.6) is 0 Å². The Morgan fingerprint density at radius 3 is 2.42 bits per heavy atom. The summed E-state index contributed by atoms with van der Waals surface area (Å²) in [5, 5.41) is 14.5. The third-order valence-electron chi connectivity index (χ3n) is 5.97. The summed E-state index contributed by atoms with van der Waals surface area (Å²) in [5.41, 5.74) is -0.462. The number of aromatic nitrogens is 2. The summed E-state index contributed by atoms with van der Waals surface area (Å²) in [6, 6.07) is 10.1. The minimum atomic E-state index is -3.88. The SMILES string of the molecule is CCOC(=O)Nc1ccn([C@@H]2O[C@H](CO)[C@@H](OC(=O)CCCCCCC(=O)Nc3ccccc3)C2(F)F)c(=O)n1. The summed E-state index contributed by atoms with van der Waals surface area (Å²) < 4.78 is 45.8. The average molecular weight is 567 g/mol. The van der Waals surface area contributed by atoms with Crippen molar-refractivity contribution in [3.8, 4) is 0 Å². The van der Waals surface area contributed by atoms with Crippen LogP contribution in [0.3, 0.4) is 0 Å². The molecule has 3 rings (SSSR count). The minimum Gasteiger partial charge on any atom is -0.453 e. The molecule has 0 unspecified atom stereocenters. The summed E-state index contributed by atoms with van der Waals surface area (Å²) in [6.45, 7) is 0.753. The van der Waals surface area contributed by atoms with Crippen molar-refractivity contribution in [1.29, 1.82) is 0 Å². The number of rotatable bonds is 13. The molecular weight excluding hydrogens is 534 g/mol. The molecule has 40 heavy (non-hydrogen) atoms. The number of aliphatic hydroxyl groups is 1. The van der Waals surface area contributed by atoms with Gasteiger partial charge >= 0.3 is 23.7 Å². The molecule has 1 aliphatic heterocycles. The molecule has 0 saturated carbocycles. The highest BCUT2D eigenvalue weighted by Gasteiger charge is 2.62. The Kier molecular flexibility index (Phi) is 11.1. The van der Waals surface area contributed by atoms with Gasteiger partial charge in [-0.25, -0.2) is 9.59 Å². The fraction of sp³-hybridized carbons (Fsp3) is 0.500. The smallest absolute Gasteiger partial charge is 0.412 e. The van der Waals surface area contributed by atoms with Crippen molar-refractivity contribution >= 4 is 29.5 Å². The second-order valence-corrected chi connectivity index (χ2v) is 8.97. The van der Waals surface area contributed by atoms with Gasteiger partial charge in [-0.05, 0) is 38.0 Å². The van der Waals surface area contributed by atoms with Gasteiger partial charge in [0.15, 0.2) is 6.10 Å². The number of nitrogens with one attached hydrogen (secondary N) is 2. The van der Waals surface area contributed by atoms with Gasteiger partial charge in [0.25, 0.3) is 0 Å². The van der Waals surface area contributed by atoms with Crippen LogP contribution in [-0.4, -0.2) is 64.0 Å². The van der Waals surface area contributed by atoms with Crippen LogP contribution in [0.2, 0.25) is 0 Å². The number of para-hydroxylation sites is 1. The first-order valence-electron chi connectivity index (χ1n) is 12.9. The van der Waals surface area contributed by atoms with Gasteiger partial charge in [-0.1, -0.05) is 31.0 Å². The zero-order valence-electron chi connectivity index (χ0n) is 21.9. The average Bonchev–Trinajstić information content (AvgIpc) is 3.16. The molecule has 1 saturated heterocycles. The number of unbranched alkanes of at least 4 members (excludes halogenated alkanes) is 3. The number of esters is 1. The van der Waals surface area contributed by atoms with E-state index in [1.165, 1.54) is 0 Å². The standard InChI is InChI=1S/C26H32F2N4O8/c1-2-38-25(37)31-19-14-15-32(24(36)30-19)23-26(27,28)22(18(16-33)39-23)40-21(35)13-9-4-3-8-12-20(34)29-17-10-6-5-7-11-17/h5-7,10-11,14-15,18,22-23,33H,2-4,8-9,12-13,16H2,1H3,(H,29,34)(H,30,31,36,37)/t18-,22-,23-/m1/s1. The predicted molar refractivity (Wildman–Crippen MR) is 138 cm³/mol. The van der Waals surface area contributed by atoms with E-state index in [2.05, 4.69) is 20.4 Å². The van der Waals surface area contributed by atoms with Gasteiger partial charge in [-0.15, -0.1) is 0 Å². The molecule has 1 aromatic heterocycles. The summed E-state index contributed by atoms with van der Waals surface area (Å²) in [6.07, 6.45) is -3.55. The lowest BCUT2D eigenvalue weighted by Crippen LogP contribution is -2.44. The highest BCUT2D eigenvalue weighted by atomic mass is 19.3. The lowest BCUT2D eigenvalue weighted by Gasteiger charge is -2.24. The van der Waals surface area contributed by atoms with Gasteiger partial charge < -0.3 is 24.6 Å². The van der Waals surface area contributed by atoms with Crippen molar-refractivity contribution in [2.75, 3.05) is 23.8 Å². The normalized spacial score (nSPS) is 19.6. The number of hydrogen-bond acceptors (Lipinski definition) is 9. The molecule has 0 spiro atoms. The van der Waals surface area contributed by atoms with Gasteiger partial charge in [0.1, 0.15) is 11.9 Å². The van der Waals surface area contributed by atoms with Crippen LogP contribution in [0.25, 0.3) is 0 Å². The van der Waals surface area contributed by atoms with Gasteiger partial charge in [-0.2, -0.15) is 13.8 Å². The summed E-state index contributed by atoms with van der Waals surface area (Å²) in [7, 11) is 0. The highest BCUT2D eigenvalue weighted by molar-refractivity contribution is 5.90. The van der Waals surface area contributed by atoms with Crippen LogP contribution in [0.4, 0.5) is 25.1 Å². The highest BCUT2D eigenvalue weighted by Crippen LogP contribution is 2.44. The van der Waals surface area contributed by atoms with Gasteiger partial charge in [-0.3, -0.25) is 19.5 Å². The number of hydrogen-bond donors (Lipinski definition) is 3. The van der Waals surface area contributed by atoms with Crippen molar-refractivity contribution in [3.05, 3.63) is 53.1 Å². The summed E-state index contributed by atoms with van der Waals surface area (Å²) in [5.74, 6) is -5.14. The quantitative estimate of drug-likeness (QED) is 0.244. The fourth-order valence-corrected chi connectivity index (χ4v) is 4.05. The second kappa shape index (κ2) is 14.5.